The predicted octanol–water partition coefficient (Wildman–Crippen LogP) is 5.71. The first kappa shape index (κ1) is 48.2. The van der Waals surface area contributed by atoms with Crippen molar-refractivity contribution >= 4 is 58.1 Å². The molecule has 1 aliphatic rings. The van der Waals surface area contributed by atoms with E-state index in [9.17, 15) is 28.8 Å². The molecule has 15 nitrogen and oxygen atoms in total. The summed E-state index contributed by atoms with van der Waals surface area (Å²) in [5, 5.41) is 0. The van der Waals surface area contributed by atoms with Gasteiger partial charge < -0.3 is 0 Å². The van der Waals surface area contributed by atoms with E-state index in [2.05, 4.69) is 49.2 Å². The van der Waals surface area contributed by atoms with Crippen molar-refractivity contribution < 1.29 is 57.2 Å². The Hall–Kier alpha value is -3.86. The second kappa shape index (κ2) is 20.7. The Bertz CT molecular complexity index is 1460. The van der Waals surface area contributed by atoms with Crippen LogP contribution in [-0.2, 0) is 57.2 Å². The number of carbonyl (C=O) groups is 6. The average Bonchev–Trinajstić information content (AvgIpc) is 3.07. The van der Waals surface area contributed by atoms with Gasteiger partial charge in [-0.3, -0.25) is 0 Å². The van der Waals surface area contributed by atoms with Gasteiger partial charge in [0.25, 0.3) is 0 Å². The molecule has 2 N–H and O–H groups in total. The van der Waals surface area contributed by atoms with Gasteiger partial charge in [-0.05, 0) is 0 Å². The van der Waals surface area contributed by atoms with Crippen molar-refractivity contribution in [2.24, 2.45) is 4.52 Å². The number of hydrogen-bond acceptors (Lipinski definition) is 15. The third kappa shape index (κ3) is 14.4. The first-order chi connectivity index (χ1) is 25.0. The fourth-order valence-corrected chi connectivity index (χ4v) is 23.2. The van der Waals surface area contributed by atoms with Gasteiger partial charge in [-0.1, -0.05) is 0 Å². The summed E-state index contributed by atoms with van der Waals surface area (Å²) in [6, 6.07) is 0. The number of esters is 6. The molecule has 0 amide bonds. The van der Waals surface area contributed by atoms with Gasteiger partial charge in [0.15, 0.2) is 0 Å². The molecule has 0 radical (unpaired) electrons. The van der Waals surface area contributed by atoms with E-state index in [1.807, 2.05) is 0 Å². The molecule has 0 spiro atoms. The number of nitrogens with zero attached hydrogens (tertiary/aromatic N) is 1. The van der Waals surface area contributed by atoms with Gasteiger partial charge in [-0.15, -0.1) is 0 Å². The van der Waals surface area contributed by atoms with Gasteiger partial charge in [0, 0.05) is 0 Å². The Morgan fingerprint density at radius 3 is 0.889 bits per heavy atom. The molecule has 1 aliphatic heterocycles. The van der Waals surface area contributed by atoms with E-state index in [-0.39, 0.29) is 110 Å². The maximum absolute atomic E-state index is 12.6. The van der Waals surface area contributed by atoms with Crippen molar-refractivity contribution in [3.05, 3.63) is 72.9 Å². The van der Waals surface area contributed by atoms with Gasteiger partial charge >= 0.3 is 321 Å². The molecule has 1 rings (SSSR count). The Labute approximate surface area is 320 Å². The van der Waals surface area contributed by atoms with Crippen molar-refractivity contribution in [1.29, 1.82) is 0 Å². The van der Waals surface area contributed by atoms with Crippen LogP contribution in [0.5, 0.6) is 0 Å². The molecule has 0 aromatic heterocycles. The molecular weight excluding hydrogens is 759 g/mol. The normalized spacial score (nSPS) is 17.5. The molecule has 1 heterocycles. The summed E-state index contributed by atoms with van der Waals surface area (Å²) in [6.07, 6.45) is 0.494. The topological polar surface area (TPSA) is 194 Å². The van der Waals surface area contributed by atoms with Crippen LogP contribution in [0, 0.1) is 0 Å². The summed E-state index contributed by atoms with van der Waals surface area (Å²) in [5.41, 5.74) is 0.987. The SMILES string of the molecule is C=C(C)C(=O)OCCP1(CCOC(=O)C(=C)C)(CCOC(=O)C(=C)C)N=PNP(CCOC(=O)C(=C)C)(CCOC(=O)C(=C)C)(CCOC(=O)C(=C)C)N1. The molecule has 0 bridgehead atoms. The molecule has 0 unspecified atom stereocenters. The molecule has 18 heteroatoms. The van der Waals surface area contributed by atoms with E-state index < -0.39 is 49.6 Å². The number of rotatable bonds is 24. The van der Waals surface area contributed by atoms with Crippen LogP contribution >= 0.6 is 22.3 Å². The molecule has 302 valence electrons. The standard InChI is InChI=1S/C36H56N3O12P3/c1-25(2)31(40)46-13-19-53(20-14-47-32(41)26(3)4,21-15-48-33(42)27(5)6)37-52-38-54(39-53,22-16-49-34(43)28(7)8,23-17-50-35(44)29(9)10)24-18-51-36(45)30(11)12/h39H,1,3,5,7,9,11,13-24H2,2,4,6,8,10,12H3,(H,37,38). The molecule has 0 saturated carbocycles. The predicted molar refractivity (Wildman–Crippen MR) is 213 cm³/mol. The van der Waals surface area contributed by atoms with Crippen molar-refractivity contribution in [3.8, 4) is 0 Å². The van der Waals surface area contributed by atoms with Gasteiger partial charge in [0.2, 0.25) is 0 Å². The van der Waals surface area contributed by atoms with Crippen molar-refractivity contribution in [2.75, 3.05) is 76.6 Å². The zero-order valence-corrected chi connectivity index (χ0v) is 35.1. The van der Waals surface area contributed by atoms with Gasteiger partial charge in [0.05, 0.1) is 0 Å². The average molecular weight is 816 g/mol. The molecule has 54 heavy (non-hydrogen) atoms. The number of ether oxygens (including phenoxy) is 6. The van der Waals surface area contributed by atoms with E-state index in [0.29, 0.717) is 8.52 Å². The summed E-state index contributed by atoms with van der Waals surface area (Å²) >= 11 is 0. The Morgan fingerprint density at radius 2 is 0.667 bits per heavy atom. The summed E-state index contributed by atoms with van der Waals surface area (Å²) in [5.74, 6) is -3.87. The molecule has 0 aliphatic carbocycles. The van der Waals surface area contributed by atoms with Crippen LogP contribution in [0.15, 0.2) is 77.4 Å². The Morgan fingerprint density at radius 1 is 0.444 bits per heavy atom. The number of nitrogens with one attached hydrogen (secondary N) is 2. The summed E-state index contributed by atoms with van der Waals surface area (Å²) in [6.45, 7) is 21.9. The fraction of sp³-hybridized carbons (Fsp3) is 0.500. The summed E-state index contributed by atoms with van der Waals surface area (Å²) in [4.78, 5) is 83.3. The monoisotopic (exact) mass is 815 g/mol. The number of carbonyl (C=O) groups excluding carboxylic acids is 6. The fourth-order valence-electron chi connectivity index (χ4n) is 5.10. The van der Waals surface area contributed by atoms with E-state index in [1.165, 1.54) is 41.5 Å². The van der Waals surface area contributed by atoms with E-state index in [4.69, 9.17) is 32.9 Å². The van der Waals surface area contributed by atoms with Crippen molar-refractivity contribution in [1.82, 2.24) is 9.72 Å². The minimum atomic E-state index is -4.11. The van der Waals surface area contributed by atoms with Crippen molar-refractivity contribution in [2.45, 2.75) is 41.5 Å². The van der Waals surface area contributed by atoms with Crippen LogP contribution in [0.25, 0.3) is 0 Å². The van der Waals surface area contributed by atoms with Gasteiger partial charge in [-0.25, -0.2) is 0 Å². The van der Waals surface area contributed by atoms with E-state index in [1.54, 1.807) is 0 Å². The van der Waals surface area contributed by atoms with Gasteiger partial charge in [0.1, 0.15) is 0 Å². The maximum atomic E-state index is 12.6. The van der Waals surface area contributed by atoms with Crippen LogP contribution in [-0.4, -0.2) is 112 Å². The molecular formula is C36H56N3O12P3. The zero-order valence-electron chi connectivity index (χ0n) is 32.4. The number of hydrogen-bond donors (Lipinski definition) is 2. The van der Waals surface area contributed by atoms with Gasteiger partial charge in [-0.2, -0.15) is 0 Å². The van der Waals surface area contributed by atoms with Crippen molar-refractivity contribution in [3.63, 3.8) is 0 Å². The Kier molecular flexibility index (Phi) is 18.5. The van der Waals surface area contributed by atoms with Crippen LogP contribution in [0.1, 0.15) is 41.5 Å². The Balaban J connectivity index is 4.13. The van der Waals surface area contributed by atoms with Crippen LogP contribution < -0.4 is 9.72 Å². The summed E-state index contributed by atoms with van der Waals surface area (Å²) < 4.78 is 38.9. The van der Waals surface area contributed by atoms with Crippen LogP contribution in [0.2, 0.25) is 0 Å². The molecule has 0 aromatic rings. The third-order valence-corrected chi connectivity index (χ3v) is 24.7. The first-order valence-corrected chi connectivity index (χ1v) is 23.4. The quantitative estimate of drug-likeness (QED) is 0.0521. The molecule has 0 aromatic carbocycles. The third-order valence-electron chi connectivity index (χ3n) is 8.35. The van der Waals surface area contributed by atoms with E-state index in [0.717, 1.165) is 0 Å². The zero-order chi connectivity index (χ0) is 41.4. The minimum absolute atomic E-state index is 0.0646. The molecule has 0 fully saturated rings. The second-order valence-corrected chi connectivity index (χ2v) is 25.6. The first-order valence-electron chi connectivity index (χ1n) is 17.0. The van der Waals surface area contributed by atoms with Crippen LogP contribution in [0.4, 0.5) is 0 Å². The van der Waals surface area contributed by atoms with E-state index >= 15 is 0 Å². The molecule has 0 saturated heterocycles. The van der Waals surface area contributed by atoms with Crippen LogP contribution in [0.3, 0.4) is 0 Å². The summed E-state index contributed by atoms with van der Waals surface area (Å²) in [7, 11) is 0.306. The molecule has 0 atom stereocenters. The second-order valence-electron chi connectivity index (χ2n) is 13.6.